The minimum Gasteiger partial charge on any atom is -0.489 e. The SMILES string of the molecule is CCC(NC(=O)c1cc(COc2ccc3c(c2)OCO3)cs1)C12CC3CC(CC(C3)C1)C2. The summed E-state index contributed by atoms with van der Waals surface area (Å²) in [4.78, 5) is 13.9. The number of hydrogen-bond donors (Lipinski definition) is 1. The zero-order chi connectivity index (χ0) is 21.7. The molecule has 0 saturated heterocycles. The number of rotatable bonds is 7. The van der Waals surface area contributed by atoms with E-state index in [0.717, 1.165) is 46.1 Å². The summed E-state index contributed by atoms with van der Waals surface area (Å²) in [5, 5.41) is 5.48. The number of nitrogens with one attached hydrogen (secondary N) is 1. The molecule has 4 fully saturated rings. The smallest absolute Gasteiger partial charge is 0.261 e. The second-order valence-electron chi connectivity index (χ2n) is 10.3. The minimum atomic E-state index is 0.0759. The Hall–Kier alpha value is -2.21. The van der Waals surface area contributed by atoms with Gasteiger partial charge in [0.1, 0.15) is 12.4 Å². The van der Waals surface area contributed by atoms with Crippen molar-refractivity contribution in [1.82, 2.24) is 5.32 Å². The van der Waals surface area contributed by atoms with Crippen LogP contribution < -0.4 is 19.5 Å². The van der Waals surface area contributed by atoms with Crippen LogP contribution in [0.15, 0.2) is 29.6 Å². The highest BCUT2D eigenvalue weighted by Crippen LogP contribution is 2.61. The number of hydrogen-bond acceptors (Lipinski definition) is 5. The lowest BCUT2D eigenvalue weighted by molar-refractivity contribution is -0.0727. The van der Waals surface area contributed by atoms with E-state index in [2.05, 4.69) is 12.2 Å². The maximum absolute atomic E-state index is 13.2. The molecule has 1 N–H and O–H groups in total. The van der Waals surface area contributed by atoms with E-state index in [4.69, 9.17) is 14.2 Å². The van der Waals surface area contributed by atoms with E-state index in [1.54, 1.807) is 0 Å². The Labute approximate surface area is 193 Å². The fourth-order valence-electron chi connectivity index (χ4n) is 7.23. The van der Waals surface area contributed by atoms with Crippen LogP contribution in [-0.2, 0) is 6.61 Å². The molecule has 170 valence electrons. The Balaban J connectivity index is 1.09. The van der Waals surface area contributed by atoms with Gasteiger partial charge in [-0.15, -0.1) is 11.3 Å². The summed E-state index contributed by atoms with van der Waals surface area (Å²) in [5.41, 5.74) is 1.35. The molecule has 6 heteroatoms. The van der Waals surface area contributed by atoms with Gasteiger partial charge in [0.25, 0.3) is 5.91 Å². The highest BCUT2D eigenvalue weighted by atomic mass is 32.1. The van der Waals surface area contributed by atoms with Crippen molar-refractivity contribution >= 4 is 17.2 Å². The topological polar surface area (TPSA) is 56.8 Å². The molecule has 1 unspecified atom stereocenters. The van der Waals surface area contributed by atoms with Crippen molar-refractivity contribution in [3.63, 3.8) is 0 Å². The van der Waals surface area contributed by atoms with Gasteiger partial charge in [0.15, 0.2) is 11.5 Å². The normalized spacial score (nSPS) is 30.3. The average molecular weight is 454 g/mol. The third-order valence-electron chi connectivity index (χ3n) is 8.17. The molecule has 4 bridgehead atoms. The van der Waals surface area contributed by atoms with Crippen LogP contribution in [0.4, 0.5) is 0 Å². The van der Waals surface area contributed by atoms with Gasteiger partial charge in [0.2, 0.25) is 6.79 Å². The van der Waals surface area contributed by atoms with Gasteiger partial charge in [0.05, 0.1) is 4.88 Å². The number of thiophene rings is 1. The van der Waals surface area contributed by atoms with Crippen molar-refractivity contribution in [3.8, 4) is 17.2 Å². The van der Waals surface area contributed by atoms with Crippen molar-refractivity contribution in [2.24, 2.45) is 23.2 Å². The van der Waals surface area contributed by atoms with E-state index in [1.165, 1.54) is 49.9 Å². The Morgan fingerprint density at radius 1 is 1.12 bits per heavy atom. The highest BCUT2D eigenvalue weighted by Gasteiger charge is 2.54. The first kappa shape index (κ1) is 20.4. The van der Waals surface area contributed by atoms with Crippen LogP contribution in [0.25, 0.3) is 0 Å². The maximum atomic E-state index is 13.2. The predicted molar refractivity (Wildman–Crippen MR) is 123 cm³/mol. The lowest BCUT2D eigenvalue weighted by Gasteiger charge is -2.59. The predicted octanol–water partition coefficient (Wildman–Crippen LogP) is 5.78. The number of carbonyl (C=O) groups excluding carboxylic acids is 1. The standard InChI is InChI=1S/C26H31NO4S/c1-2-24(26-10-16-5-17(11-26)7-18(6-16)12-26)27-25(28)23-8-19(14-32-23)13-29-20-3-4-21-22(9-20)31-15-30-21/h3-4,8-9,14,16-18,24H,2,5-7,10-13,15H2,1H3,(H,27,28). The van der Waals surface area contributed by atoms with Gasteiger partial charge in [-0.1, -0.05) is 6.92 Å². The molecule has 0 radical (unpaired) electrons. The maximum Gasteiger partial charge on any atom is 0.261 e. The highest BCUT2D eigenvalue weighted by molar-refractivity contribution is 7.12. The van der Waals surface area contributed by atoms with Gasteiger partial charge in [-0.3, -0.25) is 4.79 Å². The molecule has 1 aromatic heterocycles. The molecule has 4 aliphatic carbocycles. The van der Waals surface area contributed by atoms with Gasteiger partial charge >= 0.3 is 0 Å². The Morgan fingerprint density at radius 2 is 1.84 bits per heavy atom. The van der Waals surface area contributed by atoms with Gasteiger partial charge in [-0.2, -0.15) is 0 Å². The molecule has 1 aliphatic heterocycles. The quantitative estimate of drug-likeness (QED) is 0.577. The lowest BCUT2D eigenvalue weighted by Crippen LogP contribution is -2.56. The van der Waals surface area contributed by atoms with Crippen LogP contribution in [0.5, 0.6) is 17.2 Å². The molecular formula is C26H31NO4S. The van der Waals surface area contributed by atoms with E-state index in [0.29, 0.717) is 23.8 Å². The monoisotopic (exact) mass is 453 g/mol. The van der Waals surface area contributed by atoms with Crippen molar-refractivity contribution in [2.75, 3.05) is 6.79 Å². The molecule has 2 heterocycles. The number of benzene rings is 1. The molecule has 1 atom stereocenters. The summed E-state index contributed by atoms with van der Waals surface area (Å²) in [6.07, 6.45) is 9.26. The van der Waals surface area contributed by atoms with Crippen LogP contribution in [-0.4, -0.2) is 18.7 Å². The second kappa shape index (κ2) is 7.98. The molecule has 4 saturated carbocycles. The summed E-state index contributed by atoms with van der Waals surface area (Å²) >= 11 is 1.51. The molecule has 0 spiro atoms. The van der Waals surface area contributed by atoms with E-state index in [9.17, 15) is 4.79 Å². The third kappa shape index (κ3) is 3.66. The summed E-state index contributed by atoms with van der Waals surface area (Å²) in [5.74, 6) is 4.96. The van der Waals surface area contributed by atoms with Gasteiger partial charge in [-0.25, -0.2) is 0 Å². The molecule has 1 amide bonds. The van der Waals surface area contributed by atoms with E-state index < -0.39 is 0 Å². The van der Waals surface area contributed by atoms with Crippen LogP contribution in [0, 0.1) is 23.2 Å². The number of fused-ring (bicyclic) bond motifs is 1. The first-order valence-corrected chi connectivity index (χ1v) is 12.9. The molecule has 2 aromatic rings. The Kier molecular flexibility index (Phi) is 5.09. The third-order valence-corrected chi connectivity index (χ3v) is 9.14. The molecule has 32 heavy (non-hydrogen) atoms. The largest absolute Gasteiger partial charge is 0.489 e. The van der Waals surface area contributed by atoms with E-state index in [-0.39, 0.29) is 12.7 Å². The summed E-state index contributed by atoms with van der Waals surface area (Å²) in [7, 11) is 0. The average Bonchev–Trinajstić information content (AvgIpc) is 3.44. The van der Waals surface area contributed by atoms with Crippen LogP contribution in [0.3, 0.4) is 0 Å². The number of ether oxygens (including phenoxy) is 3. The lowest BCUT2D eigenvalue weighted by atomic mass is 9.47. The fraction of sp³-hybridized carbons (Fsp3) is 0.577. The summed E-state index contributed by atoms with van der Waals surface area (Å²) < 4.78 is 16.7. The molecule has 5 aliphatic rings. The molecule has 1 aromatic carbocycles. The van der Waals surface area contributed by atoms with Gasteiger partial charge < -0.3 is 19.5 Å². The van der Waals surface area contributed by atoms with Gasteiger partial charge in [-0.05, 0) is 91.7 Å². The van der Waals surface area contributed by atoms with Crippen molar-refractivity contribution in [3.05, 3.63) is 40.1 Å². The minimum absolute atomic E-state index is 0.0759. The van der Waals surface area contributed by atoms with Gasteiger partial charge in [0, 0.05) is 17.7 Å². The van der Waals surface area contributed by atoms with Crippen molar-refractivity contribution < 1.29 is 19.0 Å². The first-order chi connectivity index (χ1) is 15.6. The summed E-state index contributed by atoms with van der Waals surface area (Å²) in [6, 6.07) is 7.85. The Bertz CT molecular complexity index is 980. The zero-order valence-corrected chi connectivity index (χ0v) is 19.4. The van der Waals surface area contributed by atoms with Crippen molar-refractivity contribution in [2.45, 2.75) is 64.5 Å². The number of carbonyl (C=O) groups is 1. The van der Waals surface area contributed by atoms with Crippen molar-refractivity contribution in [1.29, 1.82) is 0 Å². The first-order valence-electron chi connectivity index (χ1n) is 12.0. The van der Waals surface area contributed by atoms with Crippen LogP contribution in [0.2, 0.25) is 0 Å². The molecule has 5 nitrogen and oxygen atoms in total. The second-order valence-corrected chi connectivity index (χ2v) is 11.2. The zero-order valence-electron chi connectivity index (χ0n) is 18.6. The number of amides is 1. The Morgan fingerprint density at radius 3 is 2.56 bits per heavy atom. The van der Waals surface area contributed by atoms with E-state index >= 15 is 0 Å². The molecule has 7 rings (SSSR count). The molecular weight excluding hydrogens is 422 g/mol. The van der Waals surface area contributed by atoms with Crippen LogP contribution in [0.1, 0.15) is 67.1 Å². The fourth-order valence-corrected chi connectivity index (χ4v) is 8.03. The van der Waals surface area contributed by atoms with E-state index in [1.807, 2.05) is 29.6 Å². The van der Waals surface area contributed by atoms with Crippen LogP contribution >= 0.6 is 11.3 Å². The summed E-state index contributed by atoms with van der Waals surface area (Å²) in [6.45, 7) is 2.92.